The minimum absolute atomic E-state index is 0.821. The van der Waals surface area contributed by atoms with E-state index in [0.717, 1.165) is 18.0 Å². The Labute approximate surface area is 81.7 Å². The maximum absolute atomic E-state index is 3.54. The van der Waals surface area contributed by atoms with Gasteiger partial charge in [0, 0.05) is 18.6 Å². The van der Waals surface area contributed by atoms with Gasteiger partial charge >= 0.3 is 0 Å². The van der Waals surface area contributed by atoms with Crippen LogP contribution >= 0.6 is 0 Å². The first-order valence-electron chi connectivity index (χ1n) is 5.74. The minimum Gasteiger partial charge on any atom is -0.315 e. The Kier molecular flexibility index (Phi) is 2.89. The maximum Gasteiger partial charge on any atom is 0.0226 e. The lowest BCUT2D eigenvalue weighted by Gasteiger charge is -2.37. The summed E-state index contributed by atoms with van der Waals surface area (Å²) in [5, 5.41) is 3.54. The molecule has 2 heterocycles. The Hall–Kier alpha value is -0.0800. The van der Waals surface area contributed by atoms with Crippen molar-refractivity contribution in [2.45, 2.75) is 45.2 Å². The van der Waals surface area contributed by atoms with Crippen LogP contribution in [0, 0.1) is 5.92 Å². The van der Waals surface area contributed by atoms with Crippen LogP contribution in [0.2, 0.25) is 0 Å². The molecule has 2 aliphatic rings. The van der Waals surface area contributed by atoms with Gasteiger partial charge in [0.1, 0.15) is 0 Å². The van der Waals surface area contributed by atoms with Gasteiger partial charge in [-0.05, 0) is 45.2 Å². The van der Waals surface area contributed by atoms with Gasteiger partial charge in [-0.25, -0.2) is 0 Å². The highest BCUT2D eigenvalue weighted by atomic mass is 15.2. The van der Waals surface area contributed by atoms with Crippen molar-refractivity contribution >= 4 is 0 Å². The summed E-state index contributed by atoms with van der Waals surface area (Å²) in [5.74, 6) is 0.867. The number of rotatable bonds is 1. The molecule has 0 saturated carbocycles. The zero-order valence-corrected chi connectivity index (χ0v) is 8.92. The van der Waals surface area contributed by atoms with Crippen LogP contribution in [0.4, 0.5) is 0 Å². The van der Waals surface area contributed by atoms with Gasteiger partial charge in [-0.3, -0.25) is 4.90 Å². The Morgan fingerprint density at radius 3 is 2.69 bits per heavy atom. The third-order valence-corrected chi connectivity index (χ3v) is 3.62. The van der Waals surface area contributed by atoms with Crippen LogP contribution in [0.1, 0.15) is 33.1 Å². The molecule has 0 aliphatic carbocycles. The quantitative estimate of drug-likeness (QED) is 0.660. The summed E-state index contributed by atoms with van der Waals surface area (Å²) in [4.78, 5) is 2.71. The van der Waals surface area contributed by atoms with Crippen molar-refractivity contribution in [3.8, 4) is 0 Å². The topological polar surface area (TPSA) is 15.3 Å². The molecule has 0 radical (unpaired) electrons. The molecule has 2 fully saturated rings. The van der Waals surface area contributed by atoms with Gasteiger partial charge in [0.15, 0.2) is 0 Å². The van der Waals surface area contributed by atoms with E-state index >= 15 is 0 Å². The van der Waals surface area contributed by atoms with Gasteiger partial charge in [-0.2, -0.15) is 0 Å². The van der Waals surface area contributed by atoms with Gasteiger partial charge in [0.05, 0.1) is 0 Å². The lowest BCUT2D eigenvalue weighted by atomic mass is 9.96. The molecular weight excluding hydrogens is 160 g/mol. The van der Waals surface area contributed by atoms with Crippen LogP contribution < -0.4 is 5.32 Å². The SMILES string of the molecule is CC1CNCC(N2CCCC2C)C1. The molecule has 2 rings (SSSR count). The highest BCUT2D eigenvalue weighted by Crippen LogP contribution is 2.24. The molecule has 0 aromatic rings. The van der Waals surface area contributed by atoms with E-state index in [-0.39, 0.29) is 0 Å². The van der Waals surface area contributed by atoms with Crippen molar-refractivity contribution in [1.82, 2.24) is 10.2 Å². The third-order valence-electron chi connectivity index (χ3n) is 3.62. The Morgan fingerprint density at radius 2 is 2.08 bits per heavy atom. The van der Waals surface area contributed by atoms with Crippen molar-refractivity contribution < 1.29 is 0 Å². The molecule has 2 heteroatoms. The largest absolute Gasteiger partial charge is 0.315 e. The van der Waals surface area contributed by atoms with E-state index in [0.29, 0.717) is 0 Å². The molecule has 0 spiro atoms. The fourth-order valence-electron chi connectivity index (χ4n) is 2.88. The van der Waals surface area contributed by atoms with Gasteiger partial charge in [-0.1, -0.05) is 6.92 Å². The lowest BCUT2D eigenvalue weighted by Crippen LogP contribution is -2.49. The fraction of sp³-hybridized carbons (Fsp3) is 1.00. The van der Waals surface area contributed by atoms with Gasteiger partial charge in [0.2, 0.25) is 0 Å². The summed E-state index contributed by atoms with van der Waals surface area (Å²) in [6.45, 7) is 8.51. The summed E-state index contributed by atoms with van der Waals surface area (Å²) < 4.78 is 0. The number of hydrogen-bond acceptors (Lipinski definition) is 2. The van der Waals surface area contributed by atoms with Crippen molar-refractivity contribution in [3.63, 3.8) is 0 Å². The van der Waals surface area contributed by atoms with Crippen molar-refractivity contribution in [1.29, 1.82) is 0 Å². The van der Waals surface area contributed by atoms with Crippen molar-refractivity contribution in [3.05, 3.63) is 0 Å². The van der Waals surface area contributed by atoms with Crippen LogP contribution in [-0.2, 0) is 0 Å². The highest BCUT2D eigenvalue weighted by molar-refractivity contribution is 4.87. The molecule has 0 bridgehead atoms. The summed E-state index contributed by atoms with van der Waals surface area (Å²) in [5.41, 5.74) is 0. The number of nitrogens with one attached hydrogen (secondary N) is 1. The molecular formula is C11H22N2. The Bertz CT molecular complexity index is 169. The molecule has 2 aliphatic heterocycles. The first-order chi connectivity index (χ1) is 6.27. The second-order valence-electron chi connectivity index (χ2n) is 4.88. The van der Waals surface area contributed by atoms with Gasteiger partial charge in [-0.15, -0.1) is 0 Å². The van der Waals surface area contributed by atoms with Crippen molar-refractivity contribution in [2.24, 2.45) is 5.92 Å². The van der Waals surface area contributed by atoms with Crippen molar-refractivity contribution in [2.75, 3.05) is 19.6 Å². The van der Waals surface area contributed by atoms with Crippen LogP contribution in [0.25, 0.3) is 0 Å². The average Bonchev–Trinajstić information content (AvgIpc) is 2.51. The molecule has 0 aromatic heterocycles. The molecule has 3 unspecified atom stereocenters. The fourth-order valence-corrected chi connectivity index (χ4v) is 2.88. The monoisotopic (exact) mass is 182 g/mol. The molecule has 0 aromatic carbocycles. The number of nitrogens with zero attached hydrogens (tertiary/aromatic N) is 1. The standard InChI is InChI=1S/C11H22N2/c1-9-6-11(8-12-7-9)13-5-3-4-10(13)2/h9-12H,3-8H2,1-2H3. The van der Waals surface area contributed by atoms with E-state index in [1.54, 1.807) is 0 Å². The second kappa shape index (κ2) is 3.97. The minimum atomic E-state index is 0.821. The molecule has 13 heavy (non-hydrogen) atoms. The molecule has 3 atom stereocenters. The number of hydrogen-bond donors (Lipinski definition) is 1. The smallest absolute Gasteiger partial charge is 0.0226 e. The first kappa shape index (κ1) is 9.47. The number of piperidine rings is 1. The van der Waals surface area contributed by atoms with Crippen LogP contribution in [0.15, 0.2) is 0 Å². The van der Waals surface area contributed by atoms with E-state index in [4.69, 9.17) is 0 Å². The predicted octanol–water partition coefficient (Wildman–Crippen LogP) is 1.47. The van der Waals surface area contributed by atoms with Crippen LogP contribution in [0.5, 0.6) is 0 Å². The summed E-state index contributed by atoms with van der Waals surface area (Å²) >= 11 is 0. The second-order valence-corrected chi connectivity index (χ2v) is 4.88. The Balaban J connectivity index is 1.91. The van der Waals surface area contributed by atoms with Gasteiger partial charge < -0.3 is 5.32 Å². The lowest BCUT2D eigenvalue weighted by molar-refractivity contribution is 0.140. The van der Waals surface area contributed by atoms with E-state index in [1.807, 2.05) is 0 Å². The van der Waals surface area contributed by atoms with Crippen LogP contribution in [-0.4, -0.2) is 36.6 Å². The van der Waals surface area contributed by atoms with Gasteiger partial charge in [0.25, 0.3) is 0 Å². The normalized spacial score (nSPS) is 42.5. The third kappa shape index (κ3) is 2.05. The average molecular weight is 182 g/mol. The maximum atomic E-state index is 3.54. The van der Waals surface area contributed by atoms with E-state index in [9.17, 15) is 0 Å². The summed E-state index contributed by atoms with van der Waals surface area (Å²) in [7, 11) is 0. The zero-order chi connectivity index (χ0) is 9.26. The Morgan fingerprint density at radius 1 is 1.23 bits per heavy atom. The molecule has 2 nitrogen and oxygen atoms in total. The molecule has 1 N–H and O–H groups in total. The molecule has 2 saturated heterocycles. The van der Waals surface area contributed by atoms with E-state index in [2.05, 4.69) is 24.1 Å². The summed E-state index contributed by atoms with van der Waals surface area (Å²) in [6, 6.07) is 1.65. The predicted molar refractivity (Wildman–Crippen MR) is 55.8 cm³/mol. The first-order valence-corrected chi connectivity index (χ1v) is 5.74. The van der Waals surface area contributed by atoms with E-state index in [1.165, 1.54) is 38.9 Å². The van der Waals surface area contributed by atoms with E-state index < -0.39 is 0 Å². The number of likely N-dealkylation sites (tertiary alicyclic amines) is 1. The zero-order valence-electron chi connectivity index (χ0n) is 8.92. The summed E-state index contributed by atoms with van der Waals surface area (Å²) in [6.07, 6.45) is 4.22. The van der Waals surface area contributed by atoms with Crippen LogP contribution in [0.3, 0.4) is 0 Å². The highest BCUT2D eigenvalue weighted by Gasteiger charge is 2.30. The molecule has 0 amide bonds. The molecule has 76 valence electrons.